The molecule has 6 heteroatoms. The Labute approximate surface area is 407 Å². The number of ether oxygens (including phenoxy) is 3. The fourth-order valence-corrected chi connectivity index (χ4v) is 7.57. The van der Waals surface area contributed by atoms with Gasteiger partial charge in [-0.3, -0.25) is 14.4 Å². The zero-order valence-corrected chi connectivity index (χ0v) is 43.2. The Balaban J connectivity index is 4.44. The topological polar surface area (TPSA) is 78.9 Å². The second-order valence-corrected chi connectivity index (χ2v) is 18.1. The average Bonchev–Trinajstić information content (AvgIpc) is 3.31. The molecular formula is C60H102O6. The molecule has 0 rings (SSSR count). The molecule has 1 unspecified atom stereocenters. The van der Waals surface area contributed by atoms with Gasteiger partial charge in [0.15, 0.2) is 6.10 Å². The van der Waals surface area contributed by atoms with Crippen molar-refractivity contribution in [1.29, 1.82) is 0 Å². The van der Waals surface area contributed by atoms with Gasteiger partial charge in [-0.15, -0.1) is 0 Å². The van der Waals surface area contributed by atoms with E-state index in [0.29, 0.717) is 19.3 Å². The maximum absolute atomic E-state index is 12.8. The van der Waals surface area contributed by atoms with E-state index in [9.17, 15) is 14.4 Å². The van der Waals surface area contributed by atoms with Crippen LogP contribution in [-0.2, 0) is 28.6 Å². The monoisotopic (exact) mass is 919 g/mol. The molecule has 0 aromatic rings. The lowest BCUT2D eigenvalue weighted by molar-refractivity contribution is -0.167. The van der Waals surface area contributed by atoms with E-state index in [1.165, 1.54) is 96.3 Å². The summed E-state index contributed by atoms with van der Waals surface area (Å²) < 4.78 is 16.8. The van der Waals surface area contributed by atoms with Crippen LogP contribution in [-0.4, -0.2) is 37.2 Å². The van der Waals surface area contributed by atoms with Gasteiger partial charge >= 0.3 is 17.9 Å². The summed E-state index contributed by atoms with van der Waals surface area (Å²) in [6.07, 6.45) is 70.0. The molecule has 0 bridgehead atoms. The van der Waals surface area contributed by atoms with Gasteiger partial charge in [-0.05, 0) is 89.9 Å². The maximum atomic E-state index is 12.8. The molecular weight excluding hydrogens is 817 g/mol. The molecule has 0 aliphatic heterocycles. The van der Waals surface area contributed by atoms with Crippen LogP contribution < -0.4 is 0 Å². The predicted octanol–water partition coefficient (Wildman–Crippen LogP) is 18.4. The van der Waals surface area contributed by atoms with Crippen LogP contribution in [0.2, 0.25) is 0 Å². The minimum atomic E-state index is -0.804. The normalized spacial score (nSPS) is 12.7. The van der Waals surface area contributed by atoms with Gasteiger partial charge in [0.05, 0.1) is 0 Å². The molecule has 0 saturated carbocycles. The van der Waals surface area contributed by atoms with Crippen molar-refractivity contribution in [2.75, 3.05) is 13.2 Å². The molecule has 0 aliphatic carbocycles. The summed E-state index contributed by atoms with van der Waals surface area (Å²) in [7, 11) is 0. The first kappa shape index (κ1) is 62.6. The first-order valence-corrected chi connectivity index (χ1v) is 27.6. The molecule has 0 aromatic carbocycles. The molecule has 0 aliphatic rings. The highest BCUT2D eigenvalue weighted by atomic mass is 16.6. The van der Waals surface area contributed by atoms with E-state index < -0.39 is 6.10 Å². The number of unbranched alkanes of at least 4 members (excludes halogenated alkanes) is 24. The number of esters is 3. The SMILES string of the molecule is CC/C=C\C/C=C\C/C=C\C/C=C\CCCCC(=O)OC(COC(=O)CCCCCCC/C=C\C/C=C\C/C=C\CC)COC(=O)CCCCCCCCCCCCCCCCCCCC. The highest BCUT2D eigenvalue weighted by Gasteiger charge is 2.19. The van der Waals surface area contributed by atoms with Gasteiger partial charge in [0.25, 0.3) is 0 Å². The molecule has 0 fully saturated rings. The van der Waals surface area contributed by atoms with E-state index in [0.717, 1.165) is 116 Å². The summed E-state index contributed by atoms with van der Waals surface area (Å²) in [6, 6.07) is 0. The van der Waals surface area contributed by atoms with E-state index in [2.05, 4.69) is 106 Å². The van der Waals surface area contributed by atoms with Crippen molar-refractivity contribution in [3.05, 3.63) is 85.1 Å². The third-order valence-corrected chi connectivity index (χ3v) is 11.6. The van der Waals surface area contributed by atoms with E-state index in [-0.39, 0.29) is 37.5 Å². The van der Waals surface area contributed by atoms with Crippen molar-refractivity contribution >= 4 is 17.9 Å². The van der Waals surface area contributed by atoms with Gasteiger partial charge < -0.3 is 14.2 Å². The van der Waals surface area contributed by atoms with Crippen LogP contribution in [0.1, 0.15) is 258 Å². The van der Waals surface area contributed by atoms with E-state index in [4.69, 9.17) is 14.2 Å². The van der Waals surface area contributed by atoms with Crippen LogP contribution in [0.5, 0.6) is 0 Å². The first-order chi connectivity index (χ1) is 32.5. The molecule has 0 spiro atoms. The summed E-state index contributed by atoms with van der Waals surface area (Å²) >= 11 is 0. The largest absolute Gasteiger partial charge is 0.462 e. The van der Waals surface area contributed by atoms with Crippen LogP contribution >= 0.6 is 0 Å². The molecule has 0 saturated heterocycles. The maximum Gasteiger partial charge on any atom is 0.306 e. The molecule has 0 aromatic heterocycles. The molecule has 6 nitrogen and oxygen atoms in total. The van der Waals surface area contributed by atoms with Crippen molar-refractivity contribution < 1.29 is 28.6 Å². The third kappa shape index (κ3) is 51.6. The van der Waals surface area contributed by atoms with Crippen LogP contribution in [0.25, 0.3) is 0 Å². The van der Waals surface area contributed by atoms with Crippen molar-refractivity contribution in [1.82, 2.24) is 0 Å². The minimum absolute atomic E-state index is 0.0973. The molecule has 1 atom stereocenters. The van der Waals surface area contributed by atoms with Crippen LogP contribution in [0.4, 0.5) is 0 Å². The number of rotatable bonds is 49. The summed E-state index contributed by atoms with van der Waals surface area (Å²) in [5.41, 5.74) is 0. The minimum Gasteiger partial charge on any atom is -0.462 e. The zero-order chi connectivity index (χ0) is 47.9. The number of allylic oxidation sites excluding steroid dienone is 14. The smallest absolute Gasteiger partial charge is 0.306 e. The molecule has 0 radical (unpaired) electrons. The summed E-state index contributed by atoms with van der Waals surface area (Å²) in [5.74, 6) is -0.952. The third-order valence-electron chi connectivity index (χ3n) is 11.6. The molecule has 0 N–H and O–H groups in total. The molecule has 0 amide bonds. The van der Waals surface area contributed by atoms with Gasteiger partial charge in [0.2, 0.25) is 0 Å². The van der Waals surface area contributed by atoms with E-state index in [1.807, 2.05) is 0 Å². The second-order valence-electron chi connectivity index (χ2n) is 18.1. The number of carbonyl (C=O) groups excluding carboxylic acids is 3. The Morgan fingerprint density at radius 2 is 0.591 bits per heavy atom. The second kappa shape index (κ2) is 54.2. The Morgan fingerprint density at radius 3 is 0.955 bits per heavy atom. The van der Waals surface area contributed by atoms with Gasteiger partial charge in [-0.1, -0.05) is 234 Å². The Morgan fingerprint density at radius 1 is 0.318 bits per heavy atom. The fourth-order valence-electron chi connectivity index (χ4n) is 7.57. The number of hydrogen-bond acceptors (Lipinski definition) is 6. The zero-order valence-electron chi connectivity index (χ0n) is 43.2. The quantitative estimate of drug-likeness (QED) is 0.0262. The van der Waals surface area contributed by atoms with Crippen molar-refractivity contribution in [3.8, 4) is 0 Å². The number of hydrogen-bond donors (Lipinski definition) is 0. The molecule has 378 valence electrons. The highest BCUT2D eigenvalue weighted by molar-refractivity contribution is 5.71. The highest BCUT2D eigenvalue weighted by Crippen LogP contribution is 2.16. The van der Waals surface area contributed by atoms with Gasteiger partial charge in [-0.2, -0.15) is 0 Å². The lowest BCUT2D eigenvalue weighted by Gasteiger charge is -2.18. The van der Waals surface area contributed by atoms with Crippen LogP contribution in [0.15, 0.2) is 85.1 Å². The van der Waals surface area contributed by atoms with Crippen molar-refractivity contribution in [3.63, 3.8) is 0 Å². The Kier molecular flexibility index (Phi) is 51.4. The summed E-state index contributed by atoms with van der Waals surface area (Å²) in [4.78, 5) is 38.1. The van der Waals surface area contributed by atoms with Crippen molar-refractivity contribution in [2.45, 2.75) is 264 Å². The Bertz CT molecular complexity index is 1290. The molecule has 0 heterocycles. The van der Waals surface area contributed by atoms with Gasteiger partial charge in [0.1, 0.15) is 13.2 Å². The summed E-state index contributed by atoms with van der Waals surface area (Å²) in [6.45, 7) is 6.38. The first-order valence-electron chi connectivity index (χ1n) is 27.6. The number of carbonyl (C=O) groups is 3. The van der Waals surface area contributed by atoms with E-state index in [1.54, 1.807) is 0 Å². The standard InChI is InChI=1S/C60H102O6/c1-4-7-10-13-16-19-22-25-28-29-30-33-35-38-41-44-47-50-53-59(62)65-56-57(66-60(63)54-51-48-45-42-39-36-32-27-24-21-18-15-12-9-6-3)55-64-58(61)52-49-46-43-40-37-34-31-26-23-20-17-14-11-8-5-2/h8-9,11-12,17-18,20-21,26-27,31-32,39,42,57H,4-7,10,13-16,19,22-25,28-30,33-38,40-41,43-56H2,1-3H3/b11-8-,12-9-,20-17-,21-18-,31-26-,32-27-,42-39-. The summed E-state index contributed by atoms with van der Waals surface area (Å²) in [5, 5.41) is 0. The fraction of sp³-hybridized carbons (Fsp3) is 0.717. The lowest BCUT2D eigenvalue weighted by Crippen LogP contribution is -2.30. The molecule has 66 heavy (non-hydrogen) atoms. The Hall–Kier alpha value is -3.41. The van der Waals surface area contributed by atoms with E-state index >= 15 is 0 Å². The van der Waals surface area contributed by atoms with Crippen LogP contribution in [0, 0.1) is 0 Å². The average molecular weight is 919 g/mol. The van der Waals surface area contributed by atoms with Crippen LogP contribution in [0.3, 0.4) is 0 Å². The predicted molar refractivity (Wildman–Crippen MR) is 284 cm³/mol. The van der Waals surface area contributed by atoms with Gasteiger partial charge in [0, 0.05) is 19.3 Å². The lowest BCUT2D eigenvalue weighted by atomic mass is 10.0. The van der Waals surface area contributed by atoms with Gasteiger partial charge in [-0.25, -0.2) is 0 Å². The van der Waals surface area contributed by atoms with Crippen molar-refractivity contribution in [2.24, 2.45) is 0 Å².